The van der Waals surface area contributed by atoms with Crippen LogP contribution in [0.5, 0.6) is 0 Å². The zero-order valence-electron chi connectivity index (χ0n) is 9.88. The van der Waals surface area contributed by atoms with E-state index in [4.69, 9.17) is 4.74 Å². The lowest BCUT2D eigenvalue weighted by molar-refractivity contribution is 0.133. The van der Waals surface area contributed by atoms with Gasteiger partial charge in [0.05, 0.1) is 6.61 Å². The summed E-state index contributed by atoms with van der Waals surface area (Å²) in [7, 11) is 0. The summed E-state index contributed by atoms with van der Waals surface area (Å²) in [5.74, 6) is 1.67. The molecule has 1 aliphatic rings. The van der Waals surface area contributed by atoms with E-state index in [9.17, 15) is 0 Å². The van der Waals surface area contributed by atoms with Crippen LogP contribution in [0.25, 0.3) is 0 Å². The summed E-state index contributed by atoms with van der Waals surface area (Å²) in [5.41, 5.74) is 0. The quantitative estimate of drug-likeness (QED) is 0.687. The van der Waals surface area contributed by atoms with Gasteiger partial charge in [0.2, 0.25) is 0 Å². The van der Waals surface area contributed by atoms with Crippen LogP contribution >= 0.6 is 0 Å². The van der Waals surface area contributed by atoms with Crippen LogP contribution in [0.4, 0.5) is 0 Å². The average molecular weight is 199 g/mol. The summed E-state index contributed by atoms with van der Waals surface area (Å²) in [4.78, 5) is 0. The lowest BCUT2D eigenvalue weighted by Gasteiger charge is -2.35. The molecule has 0 amide bonds. The molecule has 0 unspecified atom stereocenters. The Labute approximate surface area is 88.4 Å². The molecule has 0 aromatic carbocycles. The van der Waals surface area contributed by atoms with E-state index in [0.717, 1.165) is 31.6 Å². The first-order valence-corrected chi connectivity index (χ1v) is 6.06. The molecule has 0 bridgehead atoms. The van der Waals surface area contributed by atoms with Gasteiger partial charge in [-0.05, 0) is 31.6 Å². The Morgan fingerprint density at radius 1 is 1.21 bits per heavy atom. The first-order valence-electron chi connectivity index (χ1n) is 6.06. The van der Waals surface area contributed by atoms with Crippen LogP contribution in [0.15, 0.2) is 0 Å². The Balaban J connectivity index is 2.19. The predicted octanol–water partition coefficient (Wildman–Crippen LogP) is 2.44. The fourth-order valence-corrected chi connectivity index (χ4v) is 2.53. The highest BCUT2D eigenvalue weighted by molar-refractivity contribution is 4.82. The minimum Gasteiger partial charge on any atom is -0.380 e. The van der Waals surface area contributed by atoms with Crippen LogP contribution in [0, 0.1) is 11.8 Å². The largest absolute Gasteiger partial charge is 0.380 e. The third-order valence-electron chi connectivity index (χ3n) is 3.38. The van der Waals surface area contributed by atoms with Crippen molar-refractivity contribution < 1.29 is 4.74 Å². The summed E-state index contributed by atoms with van der Waals surface area (Å²) in [6, 6.07) is 0.712. The Kier molecular flexibility index (Phi) is 5.49. The van der Waals surface area contributed by atoms with Crippen molar-refractivity contribution in [1.29, 1.82) is 0 Å². The Hall–Kier alpha value is -0.0800. The maximum absolute atomic E-state index is 5.33. The van der Waals surface area contributed by atoms with Crippen LogP contribution in [0.2, 0.25) is 0 Å². The molecule has 2 nitrogen and oxygen atoms in total. The minimum atomic E-state index is 0.712. The molecule has 0 heterocycles. The van der Waals surface area contributed by atoms with E-state index in [2.05, 4.69) is 19.2 Å². The highest BCUT2D eigenvalue weighted by atomic mass is 16.5. The van der Waals surface area contributed by atoms with Crippen LogP contribution in [-0.4, -0.2) is 25.8 Å². The molecule has 2 heteroatoms. The number of nitrogens with one attached hydrogen (secondary N) is 1. The van der Waals surface area contributed by atoms with Crippen molar-refractivity contribution in [3.05, 3.63) is 0 Å². The molecular weight excluding hydrogens is 174 g/mol. The normalized spacial score (nSPS) is 29.4. The zero-order valence-corrected chi connectivity index (χ0v) is 9.88. The van der Waals surface area contributed by atoms with Crippen molar-refractivity contribution in [2.45, 2.75) is 46.1 Å². The lowest BCUT2D eigenvalue weighted by Crippen LogP contribution is -2.44. The molecule has 1 aliphatic carbocycles. The second kappa shape index (κ2) is 6.41. The highest BCUT2D eigenvalue weighted by Gasteiger charge is 2.26. The lowest BCUT2D eigenvalue weighted by atomic mass is 9.79. The smallest absolute Gasteiger partial charge is 0.0590 e. The van der Waals surface area contributed by atoms with Crippen molar-refractivity contribution in [3.8, 4) is 0 Å². The van der Waals surface area contributed by atoms with E-state index < -0.39 is 0 Å². The van der Waals surface area contributed by atoms with Gasteiger partial charge in [-0.15, -0.1) is 0 Å². The van der Waals surface area contributed by atoms with Crippen molar-refractivity contribution >= 4 is 0 Å². The number of hydrogen-bond acceptors (Lipinski definition) is 2. The molecule has 1 rings (SSSR count). The SMILES string of the molecule is CCOCCNC1[C@H](C)CCC[C@H]1C. The molecule has 0 radical (unpaired) electrons. The first-order chi connectivity index (χ1) is 6.75. The van der Waals surface area contributed by atoms with E-state index in [1.54, 1.807) is 0 Å². The monoisotopic (exact) mass is 199 g/mol. The van der Waals surface area contributed by atoms with Crippen molar-refractivity contribution in [2.24, 2.45) is 11.8 Å². The number of hydrogen-bond donors (Lipinski definition) is 1. The third-order valence-corrected chi connectivity index (χ3v) is 3.38. The molecular formula is C12H25NO. The van der Waals surface area contributed by atoms with Gasteiger partial charge in [0.25, 0.3) is 0 Å². The maximum Gasteiger partial charge on any atom is 0.0590 e. The van der Waals surface area contributed by atoms with Gasteiger partial charge < -0.3 is 10.1 Å². The summed E-state index contributed by atoms with van der Waals surface area (Å²) >= 11 is 0. The van der Waals surface area contributed by atoms with E-state index in [-0.39, 0.29) is 0 Å². The molecule has 1 saturated carbocycles. The standard InChI is InChI=1S/C12H25NO/c1-4-14-9-8-13-12-10(2)6-5-7-11(12)3/h10-13H,4-9H2,1-3H3/t10-,11-/m1/s1. The molecule has 1 fully saturated rings. The first kappa shape index (κ1) is 12.0. The summed E-state index contributed by atoms with van der Waals surface area (Å²) in [5, 5.41) is 3.63. The minimum absolute atomic E-state index is 0.712. The molecule has 0 aliphatic heterocycles. The highest BCUT2D eigenvalue weighted by Crippen LogP contribution is 2.28. The van der Waals surface area contributed by atoms with Crippen LogP contribution in [0.3, 0.4) is 0 Å². The molecule has 0 aromatic rings. The van der Waals surface area contributed by atoms with E-state index in [1.807, 2.05) is 6.92 Å². The molecule has 1 N–H and O–H groups in total. The average Bonchev–Trinajstić information content (AvgIpc) is 2.16. The van der Waals surface area contributed by atoms with Crippen LogP contribution in [-0.2, 0) is 4.74 Å². The second-order valence-corrected chi connectivity index (χ2v) is 4.56. The number of rotatable bonds is 5. The van der Waals surface area contributed by atoms with Gasteiger partial charge in [-0.2, -0.15) is 0 Å². The van der Waals surface area contributed by atoms with Crippen LogP contribution in [0.1, 0.15) is 40.0 Å². The second-order valence-electron chi connectivity index (χ2n) is 4.56. The fraction of sp³-hybridized carbons (Fsp3) is 1.00. The summed E-state index contributed by atoms with van der Waals surface area (Å²) in [6.45, 7) is 9.48. The third kappa shape index (κ3) is 3.58. The Morgan fingerprint density at radius 2 is 1.86 bits per heavy atom. The molecule has 0 spiro atoms. The van der Waals surface area contributed by atoms with Crippen LogP contribution < -0.4 is 5.32 Å². The van der Waals surface area contributed by atoms with Crippen molar-refractivity contribution in [1.82, 2.24) is 5.32 Å². The molecule has 2 atom stereocenters. The fourth-order valence-electron chi connectivity index (χ4n) is 2.53. The Bertz CT molecular complexity index is 139. The maximum atomic E-state index is 5.33. The molecule has 84 valence electrons. The molecule has 0 saturated heterocycles. The van der Waals surface area contributed by atoms with Crippen molar-refractivity contribution in [3.63, 3.8) is 0 Å². The topological polar surface area (TPSA) is 21.3 Å². The van der Waals surface area contributed by atoms with Gasteiger partial charge in [-0.3, -0.25) is 0 Å². The van der Waals surface area contributed by atoms with Gasteiger partial charge >= 0.3 is 0 Å². The van der Waals surface area contributed by atoms with Gasteiger partial charge in [0, 0.05) is 19.2 Å². The van der Waals surface area contributed by atoms with Gasteiger partial charge in [-0.1, -0.05) is 20.3 Å². The van der Waals surface area contributed by atoms with Gasteiger partial charge in [0.15, 0.2) is 0 Å². The van der Waals surface area contributed by atoms with Gasteiger partial charge in [-0.25, -0.2) is 0 Å². The van der Waals surface area contributed by atoms with Gasteiger partial charge in [0.1, 0.15) is 0 Å². The number of ether oxygens (including phenoxy) is 1. The molecule has 14 heavy (non-hydrogen) atoms. The van der Waals surface area contributed by atoms with E-state index in [1.165, 1.54) is 19.3 Å². The predicted molar refractivity (Wildman–Crippen MR) is 60.5 cm³/mol. The van der Waals surface area contributed by atoms with E-state index in [0.29, 0.717) is 6.04 Å². The van der Waals surface area contributed by atoms with Crippen molar-refractivity contribution in [2.75, 3.05) is 19.8 Å². The van der Waals surface area contributed by atoms with E-state index >= 15 is 0 Å². The zero-order chi connectivity index (χ0) is 10.4. The summed E-state index contributed by atoms with van der Waals surface area (Å²) < 4.78 is 5.33. The Morgan fingerprint density at radius 3 is 2.43 bits per heavy atom. The molecule has 0 aromatic heterocycles. The summed E-state index contributed by atoms with van der Waals surface area (Å²) in [6.07, 6.45) is 4.18.